The Kier molecular flexibility index (Phi) is 6.91. The monoisotopic (exact) mass is 460 g/mol. The molecule has 162 valence electrons. The second-order valence-electron chi connectivity index (χ2n) is 6.69. The van der Waals surface area contributed by atoms with Crippen molar-refractivity contribution >= 4 is 27.6 Å². The average molecular weight is 461 g/mol. The van der Waals surface area contributed by atoms with Crippen molar-refractivity contribution in [2.24, 2.45) is 0 Å². The highest BCUT2D eigenvalue weighted by Crippen LogP contribution is 2.26. The van der Waals surface area contributed by atoms with Crippen molar-refractivity contribution in [1.82, 2.24) is 9.21 Å². The van der Waals surface area contributed by atoms with E-state index in [1.54, 1.807) is 18.2 Å². The largest absolute Gasteiger partial charge is 0.482 e. The normalized spacial score (nSPS) is 15.8. The number of hydrogen-bond acceptors (Lipinski definition) is 5. The van der Waals surface area contributed by atoms with Crippen LogP contribution in [0.25, 0.3) is 0 Å². The van der Waals surface area contributed by atoms with E-state index in [0.29, 0.717) is 42.0 Å². The van der Waals surface area contributed by atoms with Crippen molar-refractivity contribution in [2.75, 3.05) is 32.8 Å². The van der Waals surface area contributed by atoms with E-state index >= 15 is 0 Å². The fourth-order valence-corrected chi connectivity index (χ4v) is 4.74. The lowest BCUT2D eigenvalue weighted by atomic mass is 10.1. The second kappa shape index (κ2) is 9.25. The maximum absolute atomic E-state index is 13.4. The summed E-state index contributed by atoms with van der Waals surface area (Å²) in [5.74, 6) is -3.05. The number of aliphatic carboxylic acids is 1. The molecule has 1 heterocycles. The van der Waals surface area contributed by atoms with Gasteiger partial charge in [0.1, 0.15) is 5.75 Å². The van der Waals surface area contributed by atoms with Crippen molar-refractivity contribution in [3.05, 3.63) is 58.6 Å². The van der Waals surface area contributed by atoms with Crippen LogP contribution >= 0.6 is 11.6 Å². The molecule has 2 aromatic carbocycles. The first-order valence-electron chi connectivity index (χ1n) is 8.97. The topological polar surface area (TPSA) is 87.2 Å². The third-order valence-corrected chi connectivity index (χ3v) is 6.76. The number of ether oxygens (including phenoxy) is 1. The Balaban J connectivity index is 1.67. The van der Waals surface area contributed by atoms with Crippen molar-refractivity contribution in [3.8, 4) is 5.75 Å². The lowest BCUT2D eigenvalue weighted by Crippen LogP contribution is -2.48. The summed E-state index contributed by atoms with van der Waals surface area (Å²) in [4.78, 5) is 12.4. The van der Waals surface area contributed by atoms with Gasteiger partial charge in [-0.3, -0.25) is 4.90 Å². The molecule has 1 aliphatic rings. The van der Waals surface area contributed by atoms with E-state index in [2.05, 4.69) is 0 Å². The number of carboxylic acid groups (broad SMARTS) is 1. The molecule has 0 spiro atoms. The number of carboxylic acids is 1. The third kappa shape index (κ3) is 5.25. The van der Waals surface area contributed by atoms with Gasteiger partial charge in [-0.1, -0.05) is 11.6 Å². The fraction of sp³-hybridized carbons (Fsp3) is 0.316. The van der Waals surface area contributed by atoms with E-state index < -0.39 is 34.2 Å². The van der Waals surface area contributed by atoms with Crippen LogP contribution in [0.15, 0.2) is 41.3 Å². The molecule has 7 nitrogen and oxygen atoms in total. The van der Waals surface area contributed by atoms with Crippen molar-refractivity contribution in [1.29, 1.82) is 0 Å². The molecule has 0 unspecified atom stereocenters. The summed E-state index contributed by atoms with van der Waals surface area (Å²) in [5, 5.41) is 9.27. The number of carbonyl (C=O) groups is 1. The molecule has 0 aromatic heterocycles. The summed E-state index contributed by atoms with van der Waals surface area (Å²) < 4.78 is 58.4. The second-order valence-corrected chi connectivity index (χ2v) is 9.06. The van der Waals surface area contributed by atoms with Gasteiger partial charge in [0.25, 0.3) is 0 Å². The number of rotatable bonds is 7. The molecular weight excluding hydrogens is 442 g/mol. The summed E-state index contributed by atoms with van der Waals surface area (Å²) in [6.45, 7) is 0.978. The average Bonchev–Trinajstić information content (AvgIpc) is 2.69. The van der Waals surface area contributed by atoms with Crippen LogP contribution in [0.3, 0.4) is 0 Å². The molecule has 2 aromatic rings. The summed E-state index contributed by atoms with van der Waals surface area (Å²) in [6, 6.07) is 7.35. The Labute approximate surface area is 177 Å². The molecule has 1 N–H and O–H groups in total. The minimum absolute atomic E-state index is 0.160. The molecule has 0 amide bonds. The Bertz CT molecular complexity index is 1040. The van der Waals surface area contributed by atoms with Gasteiger partial charge in [-0.05, 0) is 36.4 Å². The third-order valence-electron chi connectivity index (χ3n) is 4.63. The lowest BCUT2D eigenvalue weighted by molar-refractivity contribution is -0.139. The maximum Gasteiger partial charge on any atom is 0.341 e. The molecule has 0 bridgehead atoms. The van der Waals surface area contributed by atoms with Crippen LogP contribution in [-0.2, 0) is 21.4 Å². The summed E-state index contributed by atoms with van der Waals surface area (Å²) in [5.41, 5.74) is 0.681. The highest BCUT2D eigenvalue weighted by molar-refractivity contribution is 7.89. The molecule has 3 rings (SSSR count). The molecule has 30 heavy (non-hydrogen) atoms. The van der Waals surface area contributed by atoms with Crippen LogP contribution < -0.4 is 4.74 Å². The SMILES string of the molecule is O=C(O)COc1ccc(Cl)cc1CN1CCN(S(=O)(=O)c2ccc(F)c(F)c2)CC1. The number of hydrogen-bond donors (Lipinski definition) is 1. The summed E-state index contributed by atoms with van der Waals surface area (Å²) in [7, 11) is -3.94. The van der Waals surface area contributed by atoms with Gasteiger partial charge in [0.15, 0.2) is 18.2 Å². The first kappa shape index (κ1) is 22.4. The molecule has 1 fully saturated rings. The number of piperazine rings is 1. The van der Waals surface area contributed by atoms with Crippen LogP contribution in [0, 0.1) is 11.6 Å². The molecule has 0 aliphatic carbocycles. The van der Waals surface area contributed by atoms with Gasteiger partial charge in [-0.25, -0.2) is 22.0 Å². The van der Waals surface area contributed by atoms with Gasteiger partial charge in [-0.15, -0.1) is 0 Å². The molecular formula is C19H19ClF2N2O5S. The summed E-state index contributed by atoms with van der Waals surface area (Å²) >= 11 is 6.04. The molecule has 0 saturated carbocycles. The van der Waals surface area contributed by atoms with E-state index in [1.165, 1.54) is 4.31 Å². The molecule has 0 radical (unpaired) electrons. The minimum Gasteiger partial charge on any atom is -0.482 e. The van der Waals surface area contributed by atoms with Gasteiger partial charge >= 0.3 is 5.97 Å². The maximum atomic E-state index is 13.4. The predicted octanol–water partition coefficient (Wildman–Crippen LogP) is 2.59. The quantitative estimate of drug-likeness (QED) is 0.683. The molecule has 0 atom stereocenters. The zero-order chi connectivity index (χ0) is 21.9. The number of sulfonamides is 1. The van der Waals surface area contributed by atoms with E-state index in [1.807, 2.05) is 4.90 Å². The standard InChI is InChI=1S/C19H19ClF2N2O5S/c20-14-1-4-18(29-12-19(25)26)13(9-14)11-23-5-7-24(8-6-23)30(27,28)15-2-3-16(21)17(22)10-15/h1-4,9-10H,5-8,11-12H2,(H,25,26). The van der Waals surface area contributed by atoms with E-state index in [4.69, 9.17) is 21.4 Å². The Morgan fingerprint density at radius 3 is 2.40 bits per heavy atom. The molecule has 1 saturated heterocycles. The van der Waals surface area contributed by atoms with Crippen LogP contribution in [0.4, 0.5) is 8.78 Å². The van der Waals surface area contributed by atoms with Crippen molar-refractivity contribution < 1.29 is 31.8 Å². The summed E-state index contributed by atoms with van der Waals surface area (Å²) in [6.07, 6.45) is 0. The molecule has 1 aliphatic heterocycles. The number of halogens is 3. The number of nitrogens with zero attached hydrogens (tertiary/aromatic N) is 2. The number of benzene rings is 2. The van der Waals surface area contributed by atoms with Crippen LogP contribution in [0.5, 0.6) is 5.75 Å². The van der Waals surface area contributed by atoms with Gasteiger partial charge in [0.2, 0.25) is 10.0 Å². The minimum atomic E-state index is -3.94. The first-order valence-corrected chi connectivity index (χ1v) is 10.8. The smallest absolute Gasteiger partial charge is 0.341 e. The lowest BCUT2D eigenvalue weighted by Gasteiger charge is -2.34. The van der Waals surface area contributed by atoms with Gasteiger partial charge in [0.05, 0.1) is 4.90 Å². The van der Waals surface area contributed by atoms with Crippen molar-refractivity contribution in [3.63, 3.8) is 0 Å². The van der Waals surface area contributed by atoms with E-state index in [9.17, 15) is 22.0 Å². The Morgan fingerprint density at radius 2 is 1.77 bits per heavy atom. The highest BCUT2D eigenvalue weighted by Gasteiger charge is 2.29. The van der Waals surface area contributed by atoms with Gasteiger partial charge in [0, 0.05) is 43.3 Å². The van der Waals surface area contributed by atoms with E-state index in [0.717, 1.165) is 12.1 Å². The zero-order valence-electron chi connectivity index (χ0n) is 15.7. The van der Waals surface area contributed by atoms with Gasteiger partial charge in [-0.2, -0.15) is 4.31 Å². The Hall–Kier alpha value is -2.27. The van der Waals surface area contributed by atoms with Crippen LogP contribution in [-0.4, -0.2) is 61.5 Å². The highest BCUT2D eigenvalue weighted by atomic mass is 35.5. The fourth-order valence-electron chi connectivity index (χ4n) is 3.11. The van der Waals surface area contributed by atoms with Crippen molar-refractivity contribution in [2.45, 2.75) is 11.4 Å². The van der Waals surface area contributed by atoms with E-state index in [-0.39, 0.29) is 18.0 Å². The predicted molar refractivity (Wildman–Crippen MR) is 105 cm³/mol. The van der Waals surface area contributed by atoms with Gasteiger partial charge < -0.3 is 9.84 Å². The van der Waals surface area contributed by atoms with Crippen LogP contribution in [0.1, 0.15) is 5.56 Å². The molecule has 11 heteroatoms. The van der Waals surface area contributed by atoms with Crippen LogP contribution in [0.2, 0.25) is 5.02 Å². The zero-order valence-corrected chi connectivity index (χ0v) is 17.3. The Morgan fingerprint density at radius 1 is 1.07 bits per heavy atom. The first-order chi connectivity index (χ1) is 14.2.